The van der Waals surface area contributed by atoms with E-state index in [0.717, 1.165) is 11.2 Å². The van der Waals surface area contributed by atoms with Gasteiger partial charge in [-0.3, -0.25) is 0 Å². The molecule has 0 spiro atoms. The number of nitrogens with zero attached hydrogens (tertiary/aromatic N) is 2. The van der Waals surface area contributed by atoms with Crippen molar-refractivity contribution < 1.29 is 0 Å². The van der Waals surface area contributed by atoms with Crippen LogP contribution in [0, 0.1) is 0 Å². The zero-order valence-electron chi connectivity index (χ0n) is 22.9. The summed E-state index contributed by atoms with van der Waals surface area (Å²) in [5.41, 5.74) is 9.53. The number of rotatable bonds is 2. The monoisotopic (exact) mass is 534 g/mol. The Kier molecular flexibility index (Phi) is 4.93. The average Bonchev–Trinajstić information content (AvgIpc) is 3.40. The van der Waals surface area contributed by atoms with Crippen molar-refractivity contribution in [3.8, 4) is 16.8 Å². The molecule has 0 atom stereocenters. The molecule has 0 unspecified atom stereocenters. The van der Waals surface area contributed by atoms with Gasteiger partial charge in [0, 0.05) is 27.2 Å². The Morgan fingerprint density at radius 2 is 0.952 bits per heavy atom. The third-order valence-electron chi connectivity index (χ3n) is 8.71. The average molecular weight is 535 g/mol. The number of hydrogen-bond acceptors (Lipinski definition) is 0. The molecule has 9 aromatic rings. The van der Waals surface area contributed by atoms with E-state index < -0.39 is 0 Å². The molecule has 0 aliphatic heterocycles. The Hall–Kier alpha value is -5.60. The fourth-order valence-electron chi connectivity index (χ4n) is 6.88. The smallest absolute Gasteiger partial charge is 0.0703 e. The van der Waals surface area contributed by atoms with E-state index in [1.54, 1.807) is 0 Å². The summed E-state index contributed by atoms with van der Waals surface area (Å²) in [5, 5.41) is 7.59. The lowest BCUT2D eigenvalue weighted by Crippen LogP contribution is -2.01. The highest BCUT2D eigenvalue weighted by molar-refractivity contribution is 6.26. The summed E-state index contributed by atoms with van der Waals surface area (Å²) in [7, 11) is 0. The molecule has 0 aliphatic rings. The highest BCUT2D eigenvalue weighted by Crippen LogP contribution is 2.40. The van der Waals surface area contributed by atoms with Gasteiger partial charge in [-0.15, -0.1) is 0 Å². The van der Waals surface area contributed by atoms with E-state index in [-0.39, 0.29) is 0 Å². The van der Waals surface area contributed by atoms with Crippen molar-refractivity contribution in [2.75, 3.05) is 0 Å². The van der Waals surface area contributed by atoms with E-state index in [0.29, 0.717) is 0 Å². The molecule has 42 heavy (non-hydrogen) atoms. The first kappa shape index (κ1) is 23.1. The molecule has 0 radical (unpaired) electrons. The van der Waals surface area contributed by atoms with Gasteiger partial charge < -0.3 is 8.97 Å². The van der Waals surface area contributed by atoms with E-state index in [1.165, 1.54) is 65.5 Å². The molecule has 196 valence electrons. The summed E-state index contributed by atoms with van der Waals surface area (Å²) >= 11 is 0. The Balaban J connectivity index is 1.52. The van der Waals surface area contributed by atoms with Gasteiger partial charge in [0.25, 0.3) is 0 Å². The first-order chi connectivity index (χ1) is 20.9. The fraction of sp³-hybridized carbons (Fsp3) is 0. The maximum absolute atomic E-state index is 2.49. The van der Waals surface area contributed by atoms with Gasteiger partial charge in [-0.25, -0.2) is 0 Å². The second kappa shape index (κ2) is 8.95. The Morgan fingerprint density at radius 1 is 0.333 bits per heavy atom. The van der Waals surface area contributed by atoms with Gasteiger partial charge in [0.15, 0.2) is 0 Å². The molecule has 0 saturated heterocycles. The van der Waals surface area contributed by atoms with Gasteiger partial charge in [-0.1, -0.05) is 121 Å². The van der Waals surface area contributed by atoms with E-state index in [2.05, 4.69) is 167 Å². The predicted molar refractivity (Wildman–Crippen MR) is 179 cm³/mol. The molecule has 7 aromatic carbocycles. The van der Waals surface area contributed by atoms with Crippen molar-refractivity contribution in [2.24, 2.45) is 0 Å². The Morgan fingerprint density at radius 3 is 1.79 bits per heavy atom. The molecule has 2 heteroatoms. The SMILES string of the molecule is c1ccc(-c2ccc(-n3c4ccccc4c4cccc5c6c7ccccc7ccc6n(c6ccccc63)c45)cc2)cc1. The number of para-hydroxylation sites is 4. The summed E-state index contributed by atoms with van der Waals surface area (Å²) < 4.78 is 4.91. The zero-order chi connectivity index (χ0) is 27.6. The Labute approximate surface area is 243 Å². The number of aromatic nitrogens is 2. The van der Waals surface area contributed by atoms with Crippen LogP contribution in [0.25, 0.3) is 76.7 Å². The molecule has 0 saturated carbocycles. The summed E-state index contributed by atoms with van der Waals surface area (Å²) in [6, 6.07) is 57.3. The summed E-state index contributed by atoms with van der Waals surface area (Å²) in [5.74, 6) is 0. The topological polar surface area (TPSA) is 9.34 Å². The highest BCUT2D eigenvalue weighted by atomic mass is 15.0. The van der Waals surface area contributed by atoms with Crippen molar-refractivity contribution >= 4 is 59.9 Å². The third-order valence-corrected chi connectivity index (χ3v) is 8.71. The summed E-state index contributed by atoms with van der Waals surface area (Å²) in [4.78, 5) is 0. The molecule has 0 amide bonds. The number of hydrogen-bond donors (Lipinski definition) is 0. The quantitative estimate of drug-likeness (QED) is 0.209. The van der Waals surface area contributed by atoms with E-state index in [4.69, 9.17) is 0 Å². The normalized spacial score (nSPS) is 11.8. The molecule has 9 rings (SSSR count). The molecule has 2 nitrogen and oxygen atoms in total. The second-order valence-electron chi connectivity index (χ2n) is 11.0. The lowest BCUT2D eigenvalue weighted by Gasteiger charge is -2.17. The number of fused-ring (bicyclic) bond motifs is 9. The second-order valence-corrected chi connectivity index (χ2v) is 11.0. The van der Waals surface area contributed by atoms with Crippen LogP contribution in [0.3, 0.4) is 0 Å². The lowest BCUT2D eigenvalue weighted by molar-refractivity contribution is 1.16. The van der Waals surface area contributed by atoms with Gasteiger partial charge in [0.05, 0.1) is 27.6 Å². The van der Waals surface area contributed by atoms with Crippen LogP contribution in [0.15, 0.2) is 158 Å². The van der Waals surface area contributed by atoms with E-state index in [9.17, 15) is 0 Å². The van der Waals surface area contributed by atoms with Crippen LogP contribution in [0.2, 0.25) is 0 Å². The minimum absolute atomic E-state index is 1.13. The maximum atomic E-state index is 2.49. The van der Waals surface area contributed by atoms with Crippen LogP contribution < -0.4 is 0 Å². The van der Waals surface area contributed by atoms with Gasteiger partial charge in [-0.2, -0.15) is 0 Å². The van der Waals surface area contributed by atoms with Gasteiger partial charge in [-0.05, 0) is 58.3 Å². The molecule has 2 heterocycles. The maximum Gasteiger partial charge on any atom is 0.0703 e. The minimum Gasteiger partial charge on any atom is -0.308 e. The van der Waals surface area contributed by atoms with E-state index in [1.807, 2.05) is 0 Å². The fourth-order valence-corrected chi connectivity index (χ4v) is 6.88. The summed E-state index contributed by atoms with van der Waals surface area (Å²) in [6.07, 6.45) is 0. The molecule has 0 bridgehead atoms. The molecular formula is C40H26N2. The Bertz CT molecular complexity index is 2500. The standard InChI is InChI=1S/C40H26N2/c1-2-11-27(12-3-1)28-21-24-30(25-22-28)41-35-18-7-6-15-32(35)33-16-10-17-34-39-31-14-5-4-13-29(31)23-26-38(39)42(40(33)34)37-20-9-8-19-36(37)41/h1-26H. The van der Waals surface area contributed by atoms with Crippen LogP contribution in [-0.4, -0.2) is 8.97 Å². The molecule has 0 N–H and O–H groups in total. The van der Waals surface area contributed by atoms with Crippen molar-refractivity contribution in [3.63, 3.8) is 0 Å². The number of benzene rings is 7. The van der Waals surface area contributed by atoms with Crippen LogP contribution in [0.1, 0.15) is 0 Å². The predicted octanol–water partition coefficient (Wildman–Crippen LogP) is 10.7. The largest absolute Gasteiger partial charge is 0.308 e. The van der Waals surface area contributed by atoms with Crippen LogP contribution in [-0.2, 0) is 0 Å². The van der Waals surface area contributed by atoms with Gasteiger partial charge in [0.1, 0.15) is 0 Å². The van der Waals surface area contributed by atoms with Crippen LogP contribution >= 0.6 is 0 Å². The van der Waals surface area contributed by atoms with Crippen LogP contribution in [0.5, 0.6) is 0 Å². The molecular weight excluding hydrogens is 508 g/mol. The van der Waals surface area contributed by atoms with Crippen molar-refractivity contribution in [1.29, 1.82) is 0 Å². The first-order valence-corrected chi connectivity index (χ1v) is 14.5. The van der Waals surface area contributed by atoms with Crippen molar-refractivity contribution in [2.45, 2.75) is 0 Å². The third kappa shape index (κ3) is 3.27. The first-order valence-electron chi connectivity index (χ1n) is 14.5. The van der Waals surface area contributed by atoms with E-state index >= 15 is 0 Å². The van der Waals surface area contributed by atoms with Crippen molar-refractivity contribution in [1.82, 2.24) is 8.97 Å². The van der Waals surface area contributed by atoms with Crippen LogP contribution in [0.4, 0.5) is 0 Å². The molecule has 2 aromatic heterocycles. The lowest BCUT2D eigenvalue weighted by atomic mass is 10.0. The zero-order valence-corrected chi connectivity index (χ0v) is 22.9. The molecule has 0 aliphatic carbocycles. The van der Waals surface area contributed by atoms with Gasteiger partial charge >= 0.3 is 0 Å². The highest BCUT2D eigenvalue weighted by Gasteiger charge is 2.17. The van der Waals surface area contributed by atoms with Gasteiger partial charge in [0.2, 0.25) is 0 Å². The minimum atomic E-state index is 1.13. The summed E-state index contributed by atoms with van der Waals surface area (Å²) in [6.45, 7) is 0. The molecule has 0 fully saturated rings. The van der Waals surface area contributed by atoms with Crippen molar-refractivity contribution in [3.05, 3.63) is 158 Å².